The van der Waals surface area contributed by atoms with E-state index in [-0.39, 0.29) is 11.8 Å². The molecule has 1 aromatic carbocycles. The summed E-state index contributed by atoms with van der Waals surface area (Å²) in [6.45, 7) is 1.94. The number of carbonyl (C=O) groups is 1. The highest BCUT2D eigenvalue weighted by atomic mass is 35.5. The Bertz CT molecular complexity index is 1200. The minimum absolute atomic E-state index is 0.0655. The zero-order valence-corrected chi connectivity index (χ0v) is 18.1. The maximum absolute atomic E-state index is 13.6. The summed E-state index contributed by atoms with van der Waals surface area (Å²) in [7, 11) is 0. The van der Waals surface area contributed by atoms with E-state index in [1.54, 1.807) is 17.0 Å². The first-order valence-corrected chi connectivity index (χ1v) is 10.9. The van der Waals surface area contributed by atoms with Crippen molar-refractivity contribution in [1.29, 1.82) is 0 Å². The van der Waals surface area contributed by atoms with Gasteiger partial charge in [0.2, 0.25) is 5.91 Å². The van der Waals surface area contributed by atoms with Crippen molar-refractivity contribution < 1.29 is 4.79 Å². The standard InChI is InChI=1S/C23H22ClN7O/c24-18-4-6-20(7-5-18)30(15-19-3-1-2-12-25-19)23(32)17-10-13-29(14-11-17)22-9-8-21-27-26-16-31(21)28-22/h1-9,12,16-17H,10-11,13-15H2. The molecule has 4 heterocycles. The highest BCUT2D eigenvalue weighted by Gasteiger charge is 2.30. The van der Waals surface area contributed by atoms with Crippen LogP contribution in [0.25, 0.3) is 5.65 Å². The zero-order chi connectivity index (χ0) is 21.9. The zero-order valence-electron chi connectivity index (χ0n) is 17.4. The van der Waals surface area contributed by atoms with Crippen LogP contribution in [0.15, 0.2) is 67.1 Å². The van der Waals surface area contributed by atoms with Gasteiger partial charge in [-0.3, -0.25) is 9.78 Å². The van der Waals surface area contributed by atoms with Crippen molar-refractivity contribution in [2.24, 2.45) is 5.92 Å². The van der Waals surface area contributed by atoms with Gasteiger partial charge in [-0.05, 0) is 61.4 Å². The Labute approximate surface area is 190 Å². The molecule has 9 heteroatoms. The van der Waals surface area contributed by atoms with Crippen molar-refractivity contribution in [2.75, 3.05) is 22.9 Å². The maximum Gasteiger partial charge on any atom is 0.230 e. The molecule has 0 atom stereocenters. The van der Waals surface area contributed by atoms with Crippen LogP contribution in [0.1, 0.15) is 18.5 Å². The van der Waals surface area contributed by atoms with Gasteiger partial charge in [0.05, 0.1) is 12.2 Å². The Morgan fingerprint density at radius 3 is 2.62 bits per heavy atom. The van der Waals surface area contributed by atoms with Gasteiger partial charge in [-0.15, -0.1) is 15.3 Å². The van der Waals surface area contributed by atoms with Gasteiger partial charge in [0.15, 0.2) is 5.65 Å². The molecular formula is C23H22ClN7O. The average Bonchev–Trinajstić information content (AvgIpc) is 3.32. The summed E-state index contributed by atoms with van der Waals surface area (Å²) in [4.78, 5) is 22.0. The molecule has 4 aromatic rings. The number of carbonyl (C=O) groups excluding carboxylic acids is 1. The second kappa shape index (κ2) is 8.92. The minimum atomic E-state index is -0.0655. The summed E-state index contributed by atoms with van der Waals surface area (Å²) >= 11 is 6.07. The van der Waals surface area contributed by atoms with E-state index in [1.807, 2.05) is 59.5 Å². The predicted octanol–water partition coefficient (Wildman–Crippen LogP) is 3.62. The molecule has 8 nitrogen and oxygen atoms in total. The molecule has 1 fully saturated rings. The van der Waals surface area contributed by atoms with Crippen LogP contribution in [0, 0.1) is 5.92 Å². The second-order valence-electron chi connectivity index (χ2n) is 7.81. The van der Waals surface area contributed by atoms with Gasteiger partial charge in [0.1, 0.15) is 12.1 Å². The molecule has 5 rings (SSSR count). The fraction of sp³-hybridized carbons (Fsp3) is 0.261. The number of rotatable bonds is 5. The Morgan fingerprint density at radius 1 is 1.06 bits per heavy atom. The summed E-state index contributed by atoms with van der Waals surface area (Å²) < 4.78 is 1.67. The van der Waals surface area contributed by atoms with Crippen LogP contribution in [0.3, 0.4) is 0 Å². The van der Waals surface area contributed by atoms with Crippen molar-refractivity contribution in [3.63, 3.8) is 0 Å². The maximum atomic E-state index is 13.6. The molecule has 3 aromatic heterocycles. The van der Waals surface area contributed by atoms with E-state index in [0.717, 1.165) is 43.1 Å². The highest BCUT2D eigenvalue weighted by molar-refractivity contribution is 6.30. The molecule has 0 radical (unpaired) electrons. The number of piperidine rings is 1. The molecule has 1 saturated heterocycles. The van der Waals surface area contributed by atoms with Crippen LogP contribution in [-0.2, 0) is 11.3 Å². The molecule has 0 N–H and O–H groups in total. The van der Waals surface area contributed by atoms with Crippen molar-refractivity contribution in [3.05, 3.63) is 77.8 Å². The molecule has 1 aliphatic rings. The third kappa shape index (κ3) is 4.27. The fourth-order valence-corrected chi connectivity index (χ4v) is 4.16. The number of anilines is 2. The number of hydrogen-bond donors (Lipinski definition) is 0. The monoisotopic (exact) mass is 447 g/mol. The van der Waals surface area contributed by atoms with Crippen LogP contribution < -0.4 is 9.80 Å². The van der Waals surface area contributed by atoms with Crippen LogP contribution in [0.2, 0.25) is 5.02 Å². The number of halogens is 1. The predicted molar refractivity (Wildman–Crippen MR) is 123 cm³/mol. The number of hydrogen-bond acceptors (Lipinski definition) is 6. The third-order valence-corrected chi connectivity index (χ3v) is 6.02. The molecule has 32 heavy (non-hydrogen) atoms. The van der Waals surface area contributed by atoms with Crippen LogP contribution in [-0.4, -0.2) is 43.8 Å². The normalized spacial score (nSPS) is 14.6. The van der Waals surface area contributed by atoms with Crippen LogP contribution in [0.4, 0.5) is 11.5 Å². The van der Waals surface area contributed by atoms with E-state index >= 15 is 0 Å². The number of aromatic nitrogens is 5. The van der Waals surface area contributed by atoms with Gasteiger partial charge in [-0.1, -0.05) is 17.7 Å². The number of benzene rings is 1. The van der Waals surface area contributed by atoms with Gasteiger partial charge >= 0.3 is 0 Å². The Balaban J connectivity index is 1.31. The van der Waals surface area contributed by atoms with Crippen molar-refractivity contribution in [3.8, 4) is 0 Å². The largest absolute Gasteiger partial charge is 0.355 e. The smallest absolute Gasteiger partial charge is 0.230 e. The summed E-state index contributed by atoms with van der Waals surface area (Å²) in [5.41, 5.74) is 2.39. The van der Waals surface area contributed by atoms with E-state index in [1.165, 1.54) is 0 Å². The molecule has 1 amide bonds. The molecule has 0 bridgehead atoms. The van der Waals surface area contributed by atoms with E-state index in [2.05, 4.69) is 25.2 Å². The molecule has 0 unspecified atom stereocenters. The van der Waals surface area contributed by atoms with Gasteiger partial charge in [-0.25, -0.2) is 0 Å². The number of fused-ring (bicyclic) bond motifs is 1. The molecule has 0 aliphatic carbocycles. The van der Waals surface area contributed by atoms with Crippen molar-refractivity contribution in [2.45, 2.75) is 19.4 Å². The summed E-state index contributed by atoms with van der Waals surface area (Å²) in [6, 6.07) is 17.0. The topological polar surface area (TPSA) is 79.5 Å². The summed E-state index contributed by atoms with van der Waals surface area (Å²) in [5, 5.41) is 13.1. The van der Waals surface area contributed by atoms with Gasteiger partial charge < -0.3 is 9.80 Å². The molecule has 0 spiro atoms. The van der Waals surface area contributed by atoms with Crippen molar-refractivity contribution in [1.82, 2.24) is 24.8 Å². The van der Waals surface area contributed by atoms with E-state index in [9.17, 15) is 4.79 Å². The fourth-order valence-electron chi connectivity index (χ4n) is 4.03. The van der Waals surface area contributed by atoms with Gasteiger partial charge in [0.25, 0.3) is 0 Å². The Kier molecular flexibility index (Phi) is 5.68. The first-order valence-electron chi connectivity index (χ1n) is 10.6. The van der Waals surface area contributed by atoms with Crippen LogP contribution >= 0.6 is 11.6 Å². The SMILES string of the molecule is O=C(C1CCN(c2ccc3nncn3n2)CC1)N(Cc1ccccn1)c1ccc(Cl)cc1. The van der Waals surface area contributed by atoms with Crippen LogP contribution in [0.5, 0.6) is 0 Å². The summed E-state index contributed by atoms with van der Waals surface area (Å²) in [6.07, 6.45) is 4.86. The lowest BCUT2D eigenvalue weighted by Crippen LogP contribution is -2.43. The number of pyridine rings is 1. The van der Waals surface area contributed by atoms with E-state index < -0.39 is 0 Å². The van der Waals surface area contributed by atoms with Gasteiger partial charge in [0, 0.05) is 35.9 Å². The number of nitrogens with zero attached hydrogens (tertiary/aromatic N) is 7. The molecular weight excluding hydrogens is 426 g/mol. The quantitative estimate of drug-likeness (QED) is 0.465. The first-order chi connectivity index (χ1) is 15.7. The van der Waals surface area contributed by atoms with Crippen molar-refractivity contribution >= 4 is 34.7 Å². The Hall–Kier alpha value is -3.52. The van der Waals surface area contributed by atoms with Gasteiger partial charge in [-0.2, -0.15) is 4.52 Å². The number of amides is 1. The lowest BCUT2D eigenvalue weighted by atomic mass is 9.94. The second-order valence-corrected chi connectivity index (χ2v) is 8.24. The summed E-state index contributed by atoms with van der Waals surface area (Å²) in [5.74, 6) is 0.912. The minimum Gasteiger partial charge on any atom is -0.355 e. The highest BCUT2D eigenvalue weighted by Crippen LogP contribution is 2.27. The lowest BCUT2D eigenvalue weighted by Gasteiger charge is -2.34. The molecule has 0 saturated carbocycles. The Morgan fingerprint density at radius 2 is 1.88 bits per heavy atom. The third-order valence-electron chi connectivity index (χ3n) is 5.77. The average molecular weight is 448 g/mol. The lowest BCUT2D eigenvalue weighted by molar-refractivity contribution is -0.123. The molecule has 162 valence electrons. The molecule has 1 aliphatic heterocycles. The first kappa shape index (κ1) is 20.4. The van der Waals surface area contributed by atoms with E-state index in [0.29, 0.717) is 17.2 Å². The van der Waals surface area contributed by atoms with E-state index in [4.69, 9.17) is 11.6 Å².